The van der Waals surface area contributed by atoms with E-state index in [1.165, 1.54) is 11.1 Å². The summed E-state index contributed by atoms with van der Waals surface area (Å²) in [5.41, 5.74) is 6.31. The first kappa shape index (κ1) is 25.2. The fraction of sp³-hybridized carbons (Fsp3) is 0.188. The summed E-state index contributed by atoms with van der Waals surface area (Å²) in [6, 6.07) is 39.0. The second kappa shape index (κ2) is 12.2. The van der Waals surface area contributed by atoms with Gasteiger partial charge in [0.1, 0.15) is 0 Å². The van der Waals surface area contributed by atoms with Crippen LogP contribution in [0.4, 0.5) is 0 Å². The predicted molar refractivity (Wildman–Crippen MR) is 147 cm³/mol. The molecule has 0 bridgehead atoms. The zero-order valence-electron chi connectivity index (χ0n) is 20.2. The average molecular weight is 490 g/mol. The molecule has 0 aliphatic carbocycles. The highest BCUT2D eigenvalue weighted by Gasteiger charge is 2.24. The fourth-order valence-electron chi connectivity index (χ4n) is 4.63. The van der Waals surface area contributed by atoms with E-state index in [1.54, 1.807) is 0 Å². The van der Waals surface area contributed by atoms with E-state index in [0.29, 0.717) is 17.0 Å². The molecule has 3 nitrogen and oxygen atoms in total. The maximum absolute atomic E-state index is 9.59. The van der Waals surface area contributed by atoms with Crippen molar-refractivity contribution in [3.63, 3.8) is 0 Å². The van der Waals surface area contributed by atoms with Crippen molar-refractivity contribution in [1.29, 1.82) is 10.5 Å². The molecule has 0 heterocycles. The Balaban J connectivity index is 1.59. The van der Waals surface area contributed by atoms with E-state index >= 15 is 0 Å². The van der Waals surface area contributed by atoms with E-state index in [9.17, 15) is 10.5 Å². The van der Waals surface area contributed by atoms with Gasteiger partial charge in [0.15, 0.2) is 0 Å². The first-order valence-corrected chi connectivity index (χ1v) is 12.5. The van der Waals surface area contributed by atoms with Crippen LogP contribution in [0.2, 0.25) is 5.02 Å². The molecule has 0 aliphatic heterocycles. The van der Waals surface area contributed by atoms with Crippen molar-refractivity contribution in [3.8, 4) is 23.3 Å². The van der Waals surface area contributed by atoms with Gasteiger partial charge in [0, 0.05) is 23.0 Å². The molecule has 3 atom stereocenters. The minimum atomic E-state index is -0.110. The Hall–Kier alpha value is -3.89. The molecule has 0 aliphatic rings. The molecular weight excluding hydrogens is 462 g/mol. The molecule has 0 amide bonds. The number of benzene rings is 4. The Bertz CT molecular complexity index is 1350. The van der Waals surface area contributed by atoms with Crippen molar-refractivity contribution in [2.75, 3.05) is 0 Å². The third-order valence-corrected chi connectivity index (χ3v) is 6.85. The molecule has 1 N–H and O–H groups in total. The molecule has 178 valence electrons. The van der Waals surface area contributed by atoms with Crippen LogP contribution in [0, 0.1) is 22.7 Å². The Labute approximate surface area is 218 Å². The van der Waals surface area contributed by atoms with Gasteiger partial charge >= 0.3 is 0 Å². The zero-order chi connectivity index (χ0) is 25.3. The molecule has 0 saturated heterocycles. The van der Waals surface area contributed by atoms with Crippen LogP contribution in [0.25, 0.3) is 11.1 Å². The topological polar surface area (TPSA) is 59.6 Å². The van der Waals surface area contributed by atoms with Gasteiger partial charge in [0.25, 0.3) is 0 Å². The van der Waals surface area contributed by atoms with Gasteiger partial charge in [-0.15, -0.1) is 0 Å². The summed E-state index contributed by atoms with van der Waals surface area (Å²) in [6.07, 6.45) is 1.15. The SMILES string of the molecule is C[C@H](NC(CC#N)c1ccc(-c2ccccc2)cc1)[C@@H](Cc1ccc(Cl)cc1)c1cccc(C#N)c1. The Morgan fingerprint density at radius 2 is 1.47 bits per heavy atom. The molecule has 0 aromatic heterocycles. The van der Waals surface area contributed by atoms with E-state index in [0.717, 1.165) is 23.1 Å². The lowest BCUT2D eigenvalue weighted by atomic mass is 9.85. The number of nitriles is 2. The van der Waals surface area contributed by atoms with Gasteiger partial charge in [-0.05, 0) is 65.4 Å². The largest absolute Gasteiger partial charge is 0.306 e. The van der Waals surface area contributed by atoms with E-state index in [4.69, 9.17) is 11.6 Å². The van der Waals surface area contributed by atoms with Crippen LogP contribution < -0.4 is 5.32 Å². The number of hydrogen-bond acceptors (Lipinski definition) is 3. The van der Waals surface area contributed by atoms with Crippen molar-refractivity contribution in [2.24, 2.45) is 0 Å². The summed E-state index contributed by atoms with van der Waals surface area (Å²) in [6.45, 7) is 2.16. The van der Waals surface area contributed by atoms with Gasteiger partial charge < -0.3 is 5.32 Å². The van der Waals surface area contributed by atoms with Crippen LogP contribution in [0.5, 0.6) is 0 Å². The van der Waals surface area contributed by atoms with E-state index in [1.807, 2.05) is 60.7 Å². The van der Waals surface area contributed by atoms with Crippen molar-refractivity contribution < 1.29 is 0 Å². The molecule has 0 fully saturated rings. The minimum absolute atomic E-state index is 0.0433. The number of nitrogens with zero attached hydrogens (tertiary/aromatic N) is 2. The zero-order valence-corrected chi connectivity index (χ0v) is 21.0. The molecule has 36 heavy (non-hydrogen) atoms. The van der Waals surface area contributed by atoms with Gasteiger partial charge in [-0.1, -0.05) is 90.5 Å². The first-order valence-electron chi connectivity index (χ1n) is 12.1. The second-order valence-electron chi connectivity index (χ2n) is 9.03. The fourth-order valence-corrected chi connectivity index (χ4v) is 4.76. The second-order valence-corrected chi connectivity index (χ2v) is 9.47. The quantitative estimate of drug-likeness (QED) is 0.260. The van der Waals surface area contributed by atoms with E-state index in [-0.39, 0.29) is 18.0 Å². The molecule has 4 heteroatoms. The summed E-state index contributed by atoms with van der Waals surface area (Å²) in [5.74, 6) is 0.101. The number of rotatable bonds is 9. The smallest absolute Gasteiger partial charge is 0.0991 e. The summed E-state index contributed by atoms with van der Waals surface area (Å²) in [4.78, 5) is 0. The standard InChI is InChI=1S/C32H28ClN3/c1-23(31(21-24-10-16-30(33)17-11-24)29-9-5-6-25(20-29)22-35)36-32(18-19-34)28-14-12-27(13-15-28)26-7-3-2-4-8-26/h2-17,20,23,31-32,36H,18,21H2,1H3/t23-,31+,32?/m0/s1. The lowest BCUT2D eigenvalue weighted by Gasteiger charge is -2.30. The third kappa shape index (κ3) is 6.41. The maximum atomic E-state index is 9.59. The molecule has 4 aromatic carbocycles. The van der Waals surface area contributed by atoms with Crippen LogP contribution in [0.3, 0.4) is 0 Å². The number of halogens is 1. The Morgan fingerprint density at radius 1 is 0.778 bits per heavy atom. The Kier molecular flexibility index (Phi) is 8.53. The van der Waals surface area contributed by atoms with Crippen molar-refractivity contribution >= 4 is 11.6 Å². The molecule has 4 aromatic rings. The minimum Gasteiger partial charge on any atom is -0.306 e. The highest BCUT2D eigenvalue weighted by Crippen LogP contribution is 2.29. The first-order chi connectivity index (χ1) is 17.6. The van der Waals surface area contributed by atoms with Gasteiger partial charge in [0.05, 0.1) is 24.1 Å². The summed E-state index contributed by atoms with van der Waals surface area (Å²) in [7, 11) is 0. The summed E-state index contributed by atoms with van der Waals surface area (Å²) in [5, 5.41) is 23.5. The molecule has 4 rings (SSSR count). The van der Waals surface area contributed by atoms with Crippen LogP contribution in [0.1, 0.15) is 47.6 Å². The monoisotopic (exact) mass is 489 g/mol. The van der Waals surface area contributed by atoms with E-state index < -0.39 is 0 Å². The van der Waals surface area contributed by atoms with Crippen LogP contribution >= 0.6 is 11.6 Å². The maximum Gasteiger partial charge on any atom is 0.0991 e. The predicted octanol–water partition coefficient (Wildman–Crippen LogP) is 7.84. The van der Waals surface area contributed by atoms with Gasteiger partial charge in [-0.2, -0.15) is 10.5 Å². The normalized spacial score (nSPS) is 13.2. The summed E-state index contributed by atoms with van der Waals surface area (Å²) < 4.78 is 0. The van der Waals surface area contributed by atoms with Crippen molar-refractivity contribution in [3.05, 3.63) is 130 Å². The van der Waals surface area contributed by atoms with E-state index in [2.05, 4.69) is 66.8 Å². The number of hydrogen-bond donors (Lipinski definition) is 1. The molecule has 0 saturated carbocycles. The molecular formula is C32H28ClN3. The average Bonchev–Trinajstić information content (AvgIpc) is 2.93. The number of nitrogens with one attached hydrogen (secondary N) is 1. The highest BCUT2D eigenvalue weighted by molar-refractivity contribution is 6.30. The Morgan fingerprint density at radius 3 is 2.14 bits per heavy atom. The van der Waals surface area contributed by atoms with Gasteiger partial charge in [-0.25, -0.2) is 0 Å². The highest BCUT2D eigenvalue weighted by atomic mass is 35.5. The van der Waals surface area contributed by atoms with Crippen LogP contribution in [0.15, 0.2) is 103 Å². The van der Waals surface area contributed by atoms with Crippen LogP contribution in [-0.4, -0.2) is 6.04 Å². The van der Waals surface area contributed by atoms with Gasteiger partial charge in [-0.3, -0.25) is 0 Å². The van der Waals surface area contributed by atoms with Gasteiger partial charge in [0.2, 0.25) is 0 Å². The van der Waals surface area contributed by atoms with Crippen molar-refractivity contribution in [1.82, 2.24) is 5.32 Å². The molecule has 1 unspecified atom stereocenters. The summed E-state index contributed by atoms with van der Waals surface area (Å²) >= 11 is 6.11. The molecule has 0 spiro atoms. The lowest BCUT2D eigenvalue weighted by Crippen LogP contribution is -2.36. The third-order valence-electron chi connectivity index (χ3n) is 6.60. The molecule has 0 radical (unpaired) electrons. The van der Waals surface area contributed by atoms with Crippen molar-refractivity contribution in [2.45, 2.75) is 37.8 Å². The van der Waals surface area contributed by atoms with Crippen LogP contribution in [-0.2, 0) is 6.42 Å². The lowest BCUT2D eigenvalue weighted by molar-refractivity contribution is 0.401.